The first-order valence-electron chi connectivity index (χ1n) is 7.96. The van der Waals surface area contributed by atoms with Gasteiger partial charge in [0.05, 0.1) is 18.2 Å². The Kier molecular flexibility index (Phi) is 7.07. The van der Waals surface area contributed by atoms with Crippen molar-refractivity contribution in [1.82, 2.24) is 10.6 Å². The molecule has 0 fully saturated rings. The van der Waals surface area contributed by atoms with Gasteiger partial charge >= 0.3 is 0 Å². The topological polar surface area (TPSA) is 69.4 Å². The highest BCUT2D eigenvalue weighted by atomic mass is 127. The van der Waals surface area contributed by atoms with Gasteiger partial charge in [0, 0.05) is 20.0 Å². The second-order valence-corrected chi connectivity index (χ2v) is 5.67. The highest BCUT2D eigenvalue weighted by Gasteiger charge is 2.22. The van der Waals surface area contributed by atoms with Crippen molar-refractivity contribution in [2.45, 2.75) is 19.1 Å². The van der Waals surface area contributed by atoms with Crippen molar-refractivity contribution < 1.29 is 4.74 Å². The summed E-state index contributed by atoms with van der Waals surface area (Å²) < 4.78 is 5.91. The molecular weight excluding hydrogens is 427 g/mol. The Morgan fingerprint density at radius 3 is 2.84 bits per heavy atom. The summed E-state index contributed by atoms with van der Waals surface area (Å²) in [4.78, 5) is 4.23. The van der Waals surface area contributed by atoms with Gasteiger partial charge in [-0.05, 0) is 29.3 Å². The first-order valence-corrected chi connectivity index (χ1v) is 7.96. The maximum atomic E-state index is 8.95. The molecule has 1 aliphatic rings. The maximum Gasteiger partial charge on any atom is 0.191 e. The summed E-state index contributed by atoms with van der Waals surface area (Å²) in [6.07, 6.45) is 1.02. The summed E-state index contributed by atoms with van der Waals surface area (Å²) in [6, 6.07) is 17.8. The number of benzene rings is 2. The van der Waals surface area contributed by atoms with Crippen molar-refractivity contribution >= 4 is 29.9 Å². The van der Waals surface area contributed by atoms with Crippen molar-refractivity contribution in [3.05, 3.63) is 65.2 Å². The minimum atomic E-state index is 0. The molecule has 2 aromatic carbocycles. The molecule has 1 atom stereocenters. The number of hydrogen-bond donors (Lipinski definition) is 2. The third kappa shape index (κ3) is 5.10. The molecule has 2 N–H and O–H groups in total. The molecular formula is C19H21IN4O. The summed E-state index contributed by atoms with van der Waals surface area (Å²) in [7, 11) is 1.74. The van der Waals surface area contributed by atoms with E-state index in [4.69, 9.17) is 10.00 Å². The third-order valence-corrected chi connectivity index (χ3v) is 3.95. The molecule has 0 saturated carbocycles. The Bertz CT molecular complexity index is 760. The highest BCUT2D eigenvalue weighted by Crippen LogP contribution is 2.27. The molecule has 0 saturated heterocycles. The maximum absolute atomic E-state index is 8.95. The summed E-state index contributed by atoms with van der Waals surface area (Å²) in [5.74, 6) is 1.69. The number of halogens is 1. The van der Waals surface area contributed by atoms with Gasteiger partial charge in [-0.15, -0.1) is 24.0 Å². The average Bonchev–Trinajstić information content (AvgIpc) is 3.05. The molecule has 1 unspecified atom stereocenters. The second-order valence-electron chi connectivity index (χ2n) is 5.67. The van der Waals surface area contributed by atoms with Crippen LogP contribution < -0.4 is 15.4 Å². The van der Waals surface area contributed by atoms with E-state index in [1.54, 1.807) is 13.1 Å². The fraction of sp³-hybridized carbons (Fsp3) is 0.263. The lowest BCUT2D eigenvalue weighted by molar-refractivity contribution is 0.235. The van der Waals surface area contributed by atoms with Crippen LogP contribution in [-0.2, 0) is 13.0 Å². The van der Waals surface area contributed by atoms with E-state index in [0.717, 1.165) is 23.7 Å². The molecule has 5 nitrogen and oxygen atoms in total. The van der Waals surface area contributed by atoms with Crippen LogP contribution in [0.3, 0.4) is 0 Å². The number of ether oxygens (including phenoxy) is 1. The predicted octanol–water partition coefficient (Wildman–Crippen LogP) is 2.84. The molecule has 130 valence electrons. The van der Waals surface area contributed by atoms with Gasteiger partial charge < -0.3 is 15.4 Å². The van der Waals surface area contributed by atoms with E-state index in [2.05, 4.69) is 27.8 Å². The predicted molar refractivity (Wildman–Crippen MR) is 109 cm³/mol. The first kappa shape index (κ1) is 19.1. The van der Waals surface area contributed by atoms with Gasteiger partial charge in [-0.25, -0.2) is 0 Å². The molecule has 2 aromatic rings. The Morgan fingerprint density at radius 1 is 1.24 bits per heavy atom. The largest absolute Gasteiger partial charge is 0.488 e. The zero-order valence-corrected chi connectivity index (χ0v) is 16.4. The van der Waals surface area contributed by atoms with Crippen LogP contribution in [-0.4, -0.2) is 25.7 Å². The Hall–Kier alpha value is -2.27. The number of guanidine groups is 1. The number of rotatable bonds is 4. The summed E-state index contributed by atoms with van der Waals surface area (Å²) >= 11 is 0. The third-order valence-electron chi connectivity index (χ3n) is 3.95. The van der Waals surface area contributed by atoms with Crippen molar-refractivity contribution in [3.63, 3.8) is 0 Å². The Labute approximate surface area is 165 Å². The van der Waals surface area contributed by atoms with E-state index in [1.165, 1.54) is 5.56 Å². The Balaban J connectivity index is 0.00000225. The van der Waals surface area contributed by atoms with E-state index in [9.17, 15) is 0 Å². The molecule has 0 radical (unpaired) electrons. The number of para-hydroxylation sites is 1. The molecule has 0 aliphatic carbocycles. The van der Waals surface area contributed by atoms with E-state index in [1.807, 2.05) is 36.4 Å². The minimum absolute atomic E-state index is 0. The van der Waals surface area contributed by atoms with Crippen molar-refractivity contribution in [3.8, 4) is 11.8 Å². The number of hydrogen-bond acceptors (Lipinski definition) is 3. The van der Waals surface area contributed by atoms with Crippen LogP contribution in [0, 0.1) is 11.3 Å². The summed E-state index contributed by atoms with van der Waals surface area (Å²) in [6.45, 7) is 1.30. The number of nitrogens with zero attached hydrogens (tertiary/aromatic N) is 2. The SMILES string of the molecule is CN=C(NCc1cccc(C#N)c1)NCC1Cc2ccccc2O1.I. The number of aliphatic imine (C=N–C) groups is 1. The zero-order valence-electron chi connectivity index (χ0n) is 14.0. The first-order chi connectivity index (χ1) is 11.8. The molecule has 0 aromatic heterocycles. The van der Waals surface area contributed by atoms with Crippen LogP contribution in [0.2, 0.25) is 0 Å². The lowest BCUT2D eigenvalue weighted by atomic mass is 10.1. The van der Waals surface area contributed by atoms with Crippen LogP contribution >= 0.6 is 24.0 Å². The molecule has 0 amide bonds. The van der Waals surface area contributed by atoms with Crippen LogP contribution in [0.4, 0.5) is 0 Å². The van der Waals surface area contributed by atoms with Crippen LogP contribution in [0.25, 0.3) is 0 Å². The van der Waals surface area contributed by atoms with Crippen LogP contribution in [0.1, 0.15) is 16.7 Å². The smallest absolute Gasteiger partial charge is 0.191 e. The van der Waals surface area contributed by atoms with E-state index >= 15 is 0 Å². The molecule has 1 aliphatic heterocycles. The van der Waals surface area contributed by atoms with E-state index in [0.29, 0.717) is 18.7 Å². The normalized spacial score (nSPS) is 15.4. The number of nitrogens with one attached hydrogen (secondary N) is 2. The van der Waals surface area contributed by atoms with Gasteiger partial charge in [-0.3, -0.25) is 4.99 Å². The van der Waals surface area contributed by atoms with Gasteiger partial charge in [-0.2, -0.15) is 5.26 Å². The van der Waals surface area contributed by atoms with E-state index in [-0.39, 0.29) is 30.1 Å². The van der Waals surface area contributed by atoms with Gasteiger partial charge in [0.15, 0.2) is 5.96 Å². The van der Waals surface area contributed by atoms with E-state index < -0.39 is 0 Å². The summed E-state index contributed by atoms with van der Waals surface area (Å²) in [5, 5.41) is 15.5. The lowest BCUT2D eigenvalue weighted by Crippen LogP contribution is -2.41. The fourth-order valence-electron chi connectivity index (χ4n) is 2.74. The standard InChI is InChI=1S/C19H20N4O.HI/c1-21-19(22-12-15-6-4-5-14(9-15)11-20)23-13-17-10-16-7-2-3-8-18(16)24-17;/h2-9,17H,10,12-13H2,1H3,(H2,21,22,23);1H. The second kappa shape index (κ2) is 9.28. The van der Waals surface area contributed by atoms with Crippen molar-refractivity contribution in [2.24, 2.45) is 4.99 Å². The molecule has 1 heterocycles. The molecule has 6 heteroatoms. The fourth-order valence-corrected chi connectivity index (χ4v) is 2.74. The van der Waals surface area contributed by atoms with Gasteiger partial charge in [0.25, 0.3) is 0 Å². The lowest BCUT2D eigenvalue weighted by Gasteiger charge is -2.15. The molecule has 0 bridgehead atoms. The Morgan fingerprint density at radius 2 is 2.08 bits per heavy atom. The molecule has 0 spiro atoms. The highest BCUT2D eigenvalue weighted by molar-refractivity contribution is 14.0. The minimum Gasteiger partial charge on any atom is -0.488 e. The quantitative estimate of drug-likeness (QED) is 0.429. The van der Waals surface area contributed by atoms with Gasteiger partial charge in [0.1, 0.15) is 11.9 Å². The number of nitriles is 1. The molecule has 3 rings (SSSR count). The molecule has 25 heavy (non-hydrogen) atoms. The summed E-state index contributed by atoms with van der Waals surface area (Å²) in [5.41, 5.74) is 2.96. The van der Waals surface area contributed by atoms with Crippen LogP contribution in [0.5, 0.6) is 5.75 Å². The van der Waals surface area contributed by atoms with Gasteiger partial charge in [-0.1, -0.05) is 30.3 Å². The van der Waals surface area contributed by atoms with Gasteiger partial charge in [0.2, 0.25) is 0 Å². The van der Waals surface area contributed by atoms with Crippen LogP contribution in [0.15, 0.2) is 53.5 Å². The monoisotopic (exact) mass is 448 g/mol. The average molecular weight is 448 g/mol. The van der Waals surface area contributed by atoms with Crippen molar-refractivity contribution in [1.29, 1.82) is 5.26 Å². The van der Waals surface area contributed by atoms with Crippen molar-refractivity contribution in [2.75, 3.05) is 13.6 Å². The zero-order chi connectivity index (χ0) is 16.8. The number of fused-ring (bicyclic) bond motifs is 1.